The molecule has 0 radical (unpaired) electrons. The van der Waals surface area contributed by atoms with Gasteiger partial charge in [0.1, 0.15) is 0 Å². The molecule has 1 fully saturated rings. The quantitative estimate of drug-likeness (QED) is 0.528. The predicted molar refractivity (Wildman–Crippen MR) is 46.7 cm³/mol. The number of carbonyl (C=O) groups excluding carboxylic acids is 1. The lowest BCUT2D eigenvalue weighted by Gasteiger charge is -1.80. The van der Waals surface area contributed by atoms with Gasteiger partial charge in [0.15, 0.2) is 0 Å². The molecule has 0 unspecified atom stereocenters. The molecule has 0 aromatic heterocycles. The van der Waals surface area contributed by atoms with Gasteiger partial charge >= 0.3 is 11.9 Å². The van der Waals surface area contributed by atoms with Crippen molar-refractivity contribution in [1.82, 2.24) is 5.32 Å². The van der Waals surface area contributed by atoms with Gasteiger partial charge in [0.25, 0.3) is 0 Å². The van der Waals surface area contributed by atoms with Gasteiger partial charge in [0, 0.05) is 25.1 Å². The second-order valence-electron chi connectivity index (χ2n) is 2.46. The highest BCUT2D eigenvalue weighted by Crippen LogP contribution is 1.93. The topological polar surface area (TPSA) is 104 Å². The first kappa shape index (κ1) is 12.2. The highest BCUT2D eigenvalue weighted by Gasteiger charge is 2.05. The number of aliphatic carboxylic acids is 2. The van der Waals surface area contributed by atoms with Crippen molar-refractivity contribution < 1.29 is 24.6 Å². The van der Waals surface area contributed by atoms with Crippen LogP contribution in [0.3, 0.4) is 0 Å². The van der Waals surface area contributed by atoms with Gasteiger partial charge in [-0.25, -0.2) is 9.59 Å². The van der Waals surface area contributed by atoms with E-state index in [9.17, 15) is 14.4 Å². The van der Waals surface area contributed by atoms with Crippen molar-refractivity contribution in [1.29, 1.82) is 0 Å². The van der Waals surface area contributed by atoms with E-state index in [2.05, 4.69) is 5.32 Å². The highest BCUT2D eigenvalue weighted by atomic mass is 16.4. The van der Waals surface area contributed by atoms with Gasteiger partial charge in [-0.2, -0.15) is 0 Å². The molecule has 0 saturated carbocycles. The Bertz CT molecular complexity index is 234. The van der Waals surface area contributed by atoms with E-state index in [0.717, 1.165) is 19.4 Å². The summed E-state index contributed by atoms with van der Waals surface area (Å²) in [5.41, 5.74) is 0. The summed E-state index contributed by atoms with van der Waals surface area (Å²) >= 11 is 0. The fourth-order valence-corrected chi connectivity index (χ4v) is 0.708. The van der Waals surface area contributed by atoms with Crippen molar-refractivity contribution in [2.75, 3.05) is 6.54 Å². The number of nitrogens with one attached hydrogen (secondary N) is 1. The molecule has 1 amide bonds. The minimum absolute atomic E-state index is 0.204. The molecular weight excluding hydrogens is 190 g/mol. The monoisotopic (exact) mass is 201 g/mol. The molecule has 1 rings (SSSR count). The molecule has 0 aromatic carbocycles. The first-order valence-corrected chi connectivity index (χ1v) is 3.93. The van der Waals surface area contributed by atoms with Crippen LogP contribution in [0.25, 0.3) is 0 Å². The van der Waals surface area contributed by atoms with Crippen LogP contribution in [0.15, 0.2) is 12.2 Å². The second kappa shape index (κ2) is 6.64. The normalized spacial score (nSPS) is 14.4. The Kier molecular flexibility index (Phi) is 5.77. The third kappa shape index (κ3) is 8.25. The minimum atomic E-state index is -1.26. The van der Waals surface area contributed by atoms with Gasteiger partial charge in [-0.3, -0.25) is 4.79 Å². The van der Waals surface area contributed by atoms with Crippen LogP contribution in [0, 0.1) is 0 Å². The summed E-state index contributed by atoms with van der Waals surface area (Å²) in [6.07, 6.45) is 2.88. The molecule has 6 heteroatoms. The molecule has 1 saturated heterocycles. The fraction of sp³-hybridized carbons (Fsp3) is 0.375. The van der Waals surface area contributed by atoms with E-state index in [1.165, 1.54) is 0 Å². The average Bonchev–Trinajstić information content (AvgIpc) is 2.53. The molecule has 1 heterocycles. The smallest absolute Gasteiger partial charge is 0.328 e. The summed E-state index contributed by atoms with van der Waals surface area (Å²) in [7, 11) is 0. The molecule has 6 nitrogen and oxygen atoms in total. The zero-order chi connectivity index (χ0) is 11.0. The summed E-state index contributed by atoms with van der Waals surface area (Å²) in [5.74, 6) is -2.31. The lowest BCUT2D eigenvalue weighted by molar-refractivity contribution is -0.134. The number of hydrogen-bond donors (Lipinski definition) is 3. The van der Waals surface area contributed by atoms with Crippen LogP contribution in [0.4, 0.5) is 0 Å². The standard InChI is InChI=1S/C4H7NO.C4H4O4/c6-4-2-1-3-5-4;5-3(6)1-2-4(7)8/h1-3H2,(H,5,6);1-2H,(H,5,6)(H,7,8)/b;2-1+. The molecule has 3 N–H and O–H groups in total. The Morgan fingerprint density at radius 3 is 1.86 bits per heavy atom. The van der Waals surface area contributed by atoms with E-state index in [0.29, 0.717) is 12.2 Å². The zero-order valence-electron chi connectivity index (χ0n) is 7.40. The fourth-order valence-electron chi connectivity index (χ4n) is 0.708. The van der Waals surface area contributed by atoms with E-state index in [-0.39, 0.29) is 5.91 Å². The van der Waals surface area contributed by atoms with Crippen LogP contribution in [0.2, 0.25) is 0 Å². The molecule has 14 heavy (non-hydrogen) atoms. The van der Waals surface area contributed by atoms with Crippen molar-refractivity contribution in [2.24, 2.45) is 0 Å². The van der Waals surface area contributed by atoms with Gasteiger partial charge in [0.2, 0.25) is 5.91 Å². The number of carboxylic acids is 2. The molecule has 0 bridgehead atoms. The molecule has 78 valence electrons. The molecule has 0 aliphatic carbocycles. The van der Waals surface area contributed by atoms with E-state index < -0.39 is 11.9 Å². The van der Waals surface area contributed by atoms with Gasteiger partial charge in [-0.05, 0) is 6.42 Å². The number of hydrogen-bond acceptors (Lipinski definition) is 3. The first-order chi connectivity index (χ1) is 6.52. The minimum Gasteiger partial charge on any atom is -0.478 e. The lowest BCUT2D eigenvalue weighted by Crippen LogP contribution is -2.12. The van der Waals surface area contributed by atoms with Crippen molar-refractivity contribution in [3.8, 4) is 0 Å². The van der Waals surface area contributed by atoms with E-state index in [4.69, 9.17) is 10.2 Å². The summed E-state index contributed by atoms with van der Waals surface area (Å²) in [6.45, 7) is 0.888. The maximum Gasteiger partial charge on any atom is 0.328 e. The van der Waals surface area contributed by atoms with Gasteiger partial charge < -0.3 is 15.5 Å². The Labute approximate surface area is 80.2 Å². The molecule has 0 spiro atoms. The predicted octanol–water partition coefficient (Wildman–Crippen LogP) is -0.392. The van der Waals surface area contributed by atoms with Crippen molar-refractivity contribution in [3.05, 3.63) is 12.2 Å². The van der Waals surface area contributed by atoms with Crippen LogP contribution in [0.1, 0.15) is 12.8 Å². The van der Waals surface area contributed by atoms with Crippen molar-refractivity contribution in [2.45, 2.75) is 12.8 Å². The summed E-state index contributed by atoms with van der Waals surface area (Å²) in [4.78, 5) is 29.2. The molecule has 1 aliphatic rings. The molecule has 0 aromatic rings. The van der Waals surface area contributed by atoms with Gasteiger partial charge in [-0.1, -0.05) is 0 Å². The Hall–Kier alpha value is -1.85. The highest BCUT2D eigenvalue weighted by molar-refractivity contribution is 5.89. The van der Waals surface area contributed by atoms with Crippen LogP contribution in [0.5, 0.6) is 0 Å². The Balaban J connectivity index is 0.000000249. The Morgan fingerprint density at radius 2 is 1.71 bits per heavy atom. The maximum atomic E-state index is 10.1. The van der Waals surface area contributed by atoms with E-state index in [1.807, 2.05) is 0 Å². The zero-order valence-corrected chi connectivity index (χ0v) is 7.40. The van der Waals surface area contributed by atoms with Crippen molar-refractivity contribution in [3.63, 3.8) is 0 Å². The first-order valence-electron chi connectivity index (χ1n) is 3.93. The molecular formula is C8H11NO5. The SMILES string of the molecule is O=C(O)/C=C/C(=O)O.O=C1CCCN1. The van der Waals surface area contributed by atoms with E-state index in [1.54, 1.807) is 0 Å². The van der Waals surface area contributed by atoms with E-state index >= 15 is 0 Å². The van der Waals surface area contributed by atoms with Crippen molar-refractivity contribution >= 4 is 17.8 Å². The Morgan fingerprint density at radius 1 is 1.21 bits per heavy atom. The van der Waals surface area contributed by atoms with Crippen LogP contribution < -0.4 is 5.32 Å². The lowest BCUT2D eigenvalue weighted by atomic mass is 10.4. The number of carbonyl (C=O) groups is 3. The third-order valence-electron chi connectivity index (χ3n) is 1.27. The maximum absolute atomic E-state index is 10.1. The number of rotatable bonds is 2. The summed E-state index contributed by atoms with van der Waals surface area (Å²) < 4.78 is 0. The largest absolute Gasteiger partial charge is 0.478 e. The van der Waals surface area contributed by atoms with Crippen LogP contribution in [-0.4, -0.2) is 34.6 Å². The second-order valence-corrected chi connectivity index (χ2v) is 2.46. The van der Waals surface area contributed by atoms with Crippen LogP contribution >= 0.6 is 0 Å². The number of carboxylic acid groups (broad SMARTS) is 2. The molecule has 0 atom stereocenters. The summed E-state index contributed by atoms with van der Waals surface area (Å²) in [5, 5.41) is 18.3. The van der Waals surface area contributed by atoms with Crippen LogP contribution in [-0.2, 0) is 14.4 Å². The molecule has 1 aliphatic heterocycles. The third-order valence-corrected chi connectivity index (χ3v) is 1.27. The van der Waals surface area contributed by atoms with Gasteiger partial charge in [0.05, 0.1) is 0 Å². The van der Waals surface area contributed by atoms with Gasteiger partial charge in [-0.15, -0.1) is 0 Å². The number of amides is 1. The average molecular weight is 201 g/mol. The summed E-state index contributed by atoms with van der Waals surface area (Å²) in [6, 6.07) is 0.